The monoisotopic (exact) mass is 273 g/mol. The van der Waals surface area contributed by atoms with Crippen molar-refractivity contribution in [2.75, 3.05) is 5.32 Å². The Balaban J connectivity index is 2.52. The number of hydrogen-bond acceptors (Lipinski definition) is 2. The zero-order valence-electron chi connectivity index (χ0n) is 12.4. The molecule has 0 fully saturated rings. The van der Waals surface area contributed by atoms with E-state index in [4.69, 9.17) is 0 Å². The van der Waals surface area contributed by atoms with Crippen LogP contribution in [-0.2, 0) is 0 Å². The molecule has 102 valence electrons. The molecule has 2 heteroatoms. The number of benzene rings is 1. The first-order valence-corrected chi connectivity index (χ1v) is 7.77. The summed E-state index contributed by atoms with van der Waals surface area (Å²) in [6, 6.07) is 11.2. The van der Waals surface area contributed by atoms with Crippen LogP contribution in [0.1, 0.15) is 44.1 Å². The van der Waals surface area contributed by atoms with Gasteiger partial charge >= 0.3 is 0 Å². The van der Waals surface area contributed by atoms with Gasteiger partial charge in [0.1, 0.15) is 0 Å². The van der Waals surface area contributed by atoms with Crippen molar-refractivity contribution in [3.63, 3.8) is 0 Å². The third-order valence-corrected chi connectivity index (χ3v) is 4.81. The molecule has 1 N–H and O–H groups in total. The average Bonchev–Trinajstić information content (AvgIpc) is 2.68. The van der Waals surface area contributed by atoms with Crippen molar-refractivity contribution in [2.24, 2.45) is 0 Å². The van der Waals surface area contributed by atoms with E-state index in [0.717, 1.165) is 0 Å². The standard InChI is InChI=1S/C17H23NS/c1-11(2)16-15(18-12(3)4)13(5)17(19-16)14-9-7-6-8-10-14/h6-12,18H,1-5H3. The first kappa shape index (κ1) is 14.1. The van der Waals surface area contributed by atoms with Crippen molar-refractivity contribution < 1.29 is 0 Å². The lowest BCUT2D eigenvalue weighted by Gasteiger charge is -2.14. The van der Waals surface area contributed by atoms with E-state index < -0.39 is 0 Å². The topological polar surface area (TPSA) is 12.0 Å². The number of rotatable bonds is 4. The summed E-state index contributed by atoms with van der Waals surface area (Å²) in [7, 11) is 0. The van der Waals surface area contributed by atoms with Crippen LogP contribution in [0.15, 0.2) is 30.3 Å². The van der Waals surface area contributed by atoms with E-state index in [2.05, 4.69) is 70.3 Å². The maximum absolute atomic E-state index is 3.62. The second kappa shape index (κ2) is 5.79. The molecule has 0 aliphatic rings. The molecule has 0 bridgehead atoms. The minimum Gasteiger partial charge on any atom is -0.382 e. The Morgan fingerprint density at radius 2 is 1.63 bits per heavy atom. The van der Waals surface area contributed by atoms with E-state index in [1.165, 1.54) is 26.6 Å². The predicted molar refractivity (Wildman–Crippen MR) is 87.3 cm³/mol. The summed E-state index contributed by atoms with van der Waals surface area (Å²) in [6.07, 6.45) is 0. The van der Waals surface area contributed by atoms with Crippen molar-refractivity contribution in [2.45, 2.75) is 46.6 Å². The van der Waals surface area contributed by atoms with Crippen LogP contribution in [0.5, 0.6) is 0 Å². The smallest absolute Gasteiger partial charge is 0.0522 e. The van der Waals surface area contributed by atoms with Gasteiger partial charge in [0.2, 0.25) is 0 Å². The summed E-state index contributed by atoms with van der Waals surface area (Å²) in [4.78, 5) is 2.86. The molecule has 2 aromatic rings. The van der Waals surface area contributed by atoms with Crippen molar-refractivity contribution in [1.82, 2.24) is 0 Å². The van der Waals surface area contributed by atoms with Crippen molar-refractivity contribution in [3.05, 3.63) is 40.8 Å². The lowest BCUT2D eigenvalue weighted by Crippen LogP contribution is -2.11. The Morgan fingerprint density at radius 3 is 2.16 bits per heavy atom. The Morgan fingerprint density at radius 1 is 1.00 bits per heavy atom. The molecule has 1 heterocycles. The van der Waals surface area contributed by atoms with E-state index in [0.29, 0.717) is 12.0 Å². The van der Waals surface area contributed by atoms with E-state index >= 15 is 0 Å². The van der Waals surface area contributed by atoms with Crippen LogP contribution >= 0.6 is 11.3 Å². The van der Waals surface area contributed by atoms with Gasteiger partial charge in [-0.2, -0.15) is 0 Å². The fourth-order valence-corrected chi connectivity index (χ4v) is 3.55. The van der Waals surface area contributed by atoms with Gasteiger partial charge in [-0.15, -0.1) is 11.3 Å². The Hall–Kier alpha value is -1.28. The molecule has 0 saturated carbocycles. The van der Waals surface area contributed by atoms with Crippen LogP contribution < -0.4 is 5.32 Å². The molecule has 0 radical (unpaired) electrons. The molecule has 0 saturated heterocycles. The quantitative estimate of drug-likeness (QED) is 0.757. The van der Waals surface area contributed by atoms with Gasteiger partial charge in [-0.1, -0.05) is 44.2 Å². The second-order valence-electron chi connectivity index (χ2n) is 5.62. The number of nitrogens with one attached hydrogen (secondary N) is 1. The molecule has 0 atom stereocenters. The summed E-state index contributed by atoms with van der Waals surface area (Å²) in [6.45, 7) is 11.2. The van der Waals surface area contributed by atoms with Crippen molar-refractivity contribution in [3.8, 4) is 10.4 Å². The highest BCUT2D eigenvalue weighted by Gasteiger charge is 2.18. The summed E-state index contributed by atoms with van der Waals surface area (Å²) in [5.74, 6) is 0.558. The Kier molecular flexibility index (Phi) is 4.31. The fourth-order valence-electron chi connectivity index (χ4n) is 2.28. The fraction of sp³-hybridized carbons (Fsp3) is 0.412. The van der Waals surface area contributed by atoms with Gasteiger partial charge in [0, 0.05) is 15.8 Å². The molecular formula is C17H23NS. The van der Waals surface area contributed by atoms with Gasteiger partial charge in [-0.05, 0) is 37.8 Å². The summed E-state index contributed by atoms with van der Waals surface area (Å²) in [5, 5.41) is 3.62. The van der Waals surface area contributed by atoms with Gasteiger partial charge < -0.3 is 5.32 Å². The highest BCUT2D eigenvalue weighted by atomic mass is 32.1. The maximum Gasteiger partial charge on any atom is 0.0522 e. The van der Waals surface area contributed by atoms with Crippen LogP contribution in [0, 0.1) is 6.92 Å². The number of hydrogen-bond donors (Lipinski definition) is 1. The average molecular weight is 273 g/mol. The first-order valence-electron chi connectivity index (χ1n) is 6.96. The molecule has 0 amide bonds. The van der Waals surface area contributed by atoms with Crippen molar-refractivity contribution in [1.29, 1.82) is 0 Å². The second-order valence-corrected chi connectivity index (χ2v) is 6.67. The van der Waals surface area contributed by atoms with Crippen LogP contribution in [0.2, 0.25) is 0 Å². The highest BCUT2D eigenvalue weighted by Crippen LogP contribution is 2.43. The molecule has 1 aromatic heterocycles. The van der Waals surface area contributed by atoms with E-state index in [1.54, 1.807) is 0 Å². The molecule has 0 aliphatic carbocycles. The molecule has 1 nitrogen and oxygen atoms in total. The summed E-state index contributed by atoms with van der Waals surface area (Å²) < 4.78 is 0. The lowest BCUT2D eigenvalue weighted by atomic mass is 10.1. The van der Waals surface area contributed by atoms with Crippen LogP contribution in [0.3, 0.4) is 0 Å². The van der Waals surface area contributed by atoms with Gasteiger partial charge in [0.25, 0.3) is 0 Å². The van der Waals surface area contributed by atoms with Gasteiger partial charge in [0.15, 0.2) is 0 Å². The molecular weight excluding hydrogens is 250 g/mol. The third kappa shape index (κ3) is 3.01. The highest BCUT2D eigenvalue weighted by molar-refractivity contribution is 7.16. The first-order chi connectivity index (χ1) is 9.00. The van der Waals surface area contributed by atoms with Gasteiger partial charge in [0.05, 0.1) is 5.69 Å². The molecule has 0 aliphatic heterocycles. The van der Waals surface area contributed by atoms with Crippen molar-refractivity contribution >= 4 is 17.0 Å². The largest absolute Gasteiger partial charge is 0.382 e. The minimum atomic E-state index is 0.467. The zero-order chi connectivity index (χ0) is 14.0. The van der Waals surface area contributed by atoms with Gasteiger partial charge in [-0.3, -0.25) is 0 Å². The summed E-state index contributed by atoms with van der Waals surface area (Å²) >= 11 is 1.93. The van der Waals surface area contributed by atoms with E-state index in [-0.39, 0.29) is 0 Å². The van der Waals surface area contributed by atoms with Gasteiger partial charge in [-0.25, -0.2) is 0 Å². The number of anilines is 1. The number of thiophene rings is 1. The van der Waals surface area contributed by atoms with Crippen LogP contribution in [0.25, 0.3) is 10.4 Å². The minimum absolute atomic E-state index is 0.467. The molecule has 1 aromatic carbocycles. The lowest BCUT2D eigenvalue weighted by molar-refractivity contribution is 0.862. The normalized spacial score (nSPS) is 11.3. The summed E-state index contributed by atoms with van der Waals surface area (Å²) in [5.41, 5.74) is 4.05. The Labute approximate surface area is 120 Å². The van der Waals surface area contributed by atoms with E-state index in [1.807, 2.05) is 11.3 Å². The third-order valence-electron chi connectivity index (χ3n) is 3.17. The predicted octanol–water partition coefficient (Wildman–Crippen LogP) is 5.67. The zero-order valence-corrected chi connectivity index (χ0v) is 13.3. The molecule has 19 heavy (non-hydrogen) atoms. The van der Waals surface area contributed by atoms with E-state index in [9.17, 15) is 0 Å². The van der Waals surface area contributed by atoms with Crippen LogP contribution in [0.4, 0.5) is 5.69 Å². The maximum atomic E-state index is 3.62. The van der Waals surface area contributed by atoms with Crippen LogP contribution in [-0.4, -0.2) is 6.04 Å². The molecule has 2 rings (SSSR count). The Bertz CT molecular complexity index is 538. The SMILES string of the molecule is Cc1c(-c2ccccc2)sc(C(C)C)c1NC(C)C. The molecule has 0 unspecified atom stereocenters. The molecule has 0 spiro atoms.